The second-order valence-electron chi connectivity index (χ2n) is 6.72. The van der Waals surface area contributed by atoms with E-state index in [1.54, 1.807) is 0 Å². The van der Waals surface area contributed by atoms with Crippen molar-refractivity contribution in [3.8, 4) is 0 Å². The Hall–Kier alpha value is -0.860. The van der Waals surface area contributed by atoms with Gasteiger partial charge in [-0.3, -0.25) is 0 Å². The summed E-state index contributed by atoms with van der Waals surface area (Å²) in [6.07, 6.45) is 6.39. The van der Waals surface area contributed by atoms with Crippen molar-refractivity contribution >= 4 is 0 Å². The molecule has 0 aromatic heterocycles. The summed E-state index contributed by atoms with van der Waals surface area (Å²) in [5.41, 5.74) is 1.05. The van der Waals surface area contributed by atoms with Gasteiger partial charge in [-0.05, 0) is 49.8 Å². The molecule has 0 spiro atoms. The van der Waals surface area contributed by atoms with Crippen molar-refractivity contribution in [3.63, 3.8) is 0 Å². The largest absolute Gasteiger partial charge is 0.388 e. The van der Waals surface area contributed by atoms with E-state index in [0.29, 0.717) is 0 Å². The predicted octanol–water partition coefficient (Wildman–Crippen LogP) is 4.26. The molecule has 118 valence electrons. The lowest BCUT2D eigenvalue weighted by Gasteiger charge is -2.27. The maximum absolute atomic E-state index is 10.5. The Bertz CT molecular complexity index is 392. The summed E-state index contributed by atoms with van der Waals surface area (Å²) >= 11 is 0. The summed E-state index contributed by atoms with van der Waals surface area (Å²) in [7, 11) is 0. The molecule has 0 radical (unpaired) electrons. The van der Waals surface area contributed by atoms with E-state index in [2.05, 4.69) is 18.7 Å². The summed E-state index contributed by atoms with van der Waals surface area (Å²) in [6, 6.07) is 10.1. The molecule has 0 amide bonds. The summed E-state index contributed by atoms with van der Waals surface area (Å²) in [4.78, 5) is 2.56. The number of rotatable bonds is 6. The van der Waals surface area contributed by atoms with Crippen LogP contribution in [0.15, 0.2) is 30.3 Å². The summed E-state index contributed by atoms with van der Waals surface area (Å²) in [5, 5.41) is 10.5. The second kappa shape index (κ2) is 8.55. The van der Waals surface area contributed by atoms with Crippen molar-refractivity contribution in [2.75, 3.05) is 19.6 Å². The highest BCUT2D eigenvalue weighted by atomic mass is 16.3. The van der Waals surface area contributed by atoms with Crippen molar-refractivity contribution < 1.29 is 5.11 Å². The lowest BCUT2D eigenvalue weighted by molar-refractivity contribution is 0.0887. The number of hydrogen-bond acceptors (Lipinski definition) is 2. The van der Waals surface area contributed by atoms with E-state index in [1.165, 1.54) is 45.2 Å². The summed E-state index contributed by atoms with van der Waals surface area (Å²) in [5.74, 6) is 1.21. The van der Waals surface area contributed by atoms with Crippen LogP contribution in [0, 0.1) is 11.8 Å². The lowest BCUT2D eigenvalue weighted by atomic mass is 9.95. The van der Waals surface area contributed by atoms with Crippen molar-refractivity contribution in [3.05, 3.63) is 35.9 Å². The van der Waals surface area contributed by atoms with Crippen LogP contribution in [-0.4, -0.2) is 29.6 Å². The zero-order valence-corrected chi connectivity index (χ0v) is 13.7. The lowest BCUT2D eigenvalue weighted by Crippen LogP contribution is -2.32. The Labute approximate surface area is 130 Å². The number of aliphatic hydroxyl groups is 1. The monoisotopic (exact) mass is 289 g/mol. The van der Waals surface area contributed by atoms with E-state index in [9.17, 15) is 5.11 Å². The molecule has 1 aliphatic heterocycles. The molecular formula is C19H31NO. The maximum Gasteiger partial charge on any atom is 0.0827 e. The van der Waals surface area contributed by atoms with Gasteiger partial charge >= 0.3 is 0 Å². The van der Waals surface area contributed by atoms with E-state index >= 15 is 0 Å². The van der Waals surface area contributed by atoms with Crippen LogP contribution in [0.3, 0.4) is 0 Å². The molecule has 2 heteroatoms. The number of nitrogens with zero attached hydrogens (tertiary/aromatic N) is 1. The fourth-order valence-electron chi connectivity index (χ4n) is 3.59. The van der Waals surface area contributed by atoms with Gasteiger partial charge in [0.1, 0.15) is 0 Å². The minimum absolute atomic E-state index is 0.287. The van der Waals surface area contributed by atoms with Crippen LogP contribution in [-0.2, 0) is 0 Å². The summed E-state index contributed by atoms with van der Waals surface area (Å²) < 4.78 is 0. The molecule has 1 aromatic rings. The van der Waals surface area contributed by atoms with Gasteiger partial charge in [-0.25, -0.2) is 0 Å². The van der Waals surface area contributed by atoms with Crippen LogP contribution in [0.5, 0.6) is 0 Å². The Kier molecular flexibility index (Phi) is 6.72. The molecule has 1 aromatic carbocycles. The fourth-order valence-corrected chi connectivity index (χ4v) is 3.59. The van der Waals surface area contributed by atoms with Gasteiger partial charge in [-0.2, -0.15) is 0 Å². The zero-order chi connectivity index (χ0) is 15.1. The van der Waals surface area contributed by atoms with E-state index in [0.717, 1.165) is 18.0 Å². The minimum Gasteiger partial charge on any atom is -0.388 e. The van der Waals surface area contributed by atoms with Crippen LogP contribution < -0.4 is 0 Å². The molecule has 2 rings (SSSR count). The van der Waals surface area contributed by atoms with E-state index in [4.69, 9.17) is 0 Å². The van der Waals surface area contributed by atoms with Crippen molar-refractivity contribution in [2.45, 2.75) is 52.1 Å². The quantitative estimate of drug-likeness (QED) is 0.846. The average molecular weight is 289 g/mol. The molecule has 1 fully saturated rings. The molecule has 1 heterocycles. The number of benzene rings is 1. The maximum atomic E-state index is 10.5. The van der Waals surface area contributed by atoms with Gasteiger partial charge in [-0.15, -0.1) is 0 Å². The second-order valence-corrected chi connectivity index (χ2v) is 6.72. The van der Waals surface area contributed by atoms with Gasteiger partial charge in [0.2, 0.25) is 0 Å². The van der Waals surface area contributed by atoms with Crippen molar-refractivity contribution in [1.29, 1.82) is 0 Å². The first-order valence-electron chi connectivity index (χ1n) is 8.66. The molecule has 1 aliphatic rings. The number of aliphatic hydroxyl groups excluding tert-OH is 1. The Morgan fingerprint density at radius 1 is 1.19 bits per heavy atom. The van der Waals surface area contributed by atoms with Gasteiger partial charge in [0, 0.05) is 6.54 Å². The van der Waals surface area contributed by atoms with Crippen LogP contribution in [0.25, 0.3) is 0 Å². The fraction of sp³-hybridized carbons (Fsp3) is 0.684. The minimum atomic E-state index is -0.346. The van der Waals surface area contributed by atoms with Crippen LogP contribution in [0.4, 0.5) is 0 Å². The van der Waals surface area contributed by atoms with E-state index in [-0.39, 0.29) is 12.0 Å². The molecular weight excluding hydrogens is 258 g/mol. The molecule has 1 saturated heterocycles. The van der Waals surface area contributed by atoms with Gasteiger partial charge < -0.3 is 10.0 Å². The zero-order valence-electron chi connectivity index (χ0n) is 13.7. The third-order valence-electron chi connectivity index (χ3n) is 4.86. The molecule has 0 aliphatic carbocycles. The first-order chi connectivity index (χ1) is 10.2. The third kappa shape index (κ3) is 5.12. The smallest absolute Gasteiger partial charge is 0.0827 e. The van der Waals surface area contributed by atoms with Gasteiger partial charge in [-0.1, -0.05) is 57.0 Å². The highest BCUT2D eigenvalue weighted by molar-refractivity contribution is 5.17. The summed E-state index contributed by atoms with van der Waals surface area (Å²) in [6.45, 7) is 7.88. The van der Waals surface area contributed by atoms with Gasteiger partial charge in [0.15, 0.2) is 0 Å². The Morgan fingerprint density at radius 3 is 2.67 bits per heavy atom. The van der Waals surface area contributed by atoms with Crippen LogP contribution in [0.2, 0.25) is 0 Å². The molecule has 21 heavy (non-hydrogen) atoms. The molecule has 2 nitrogen and oxygen atoms in total. The highest BCUT2D eigenvalue weighted by Gasteiger charge is 2.22. The van der Waals surface area contributed by atoms with Crippen LogP contribution >= 0.6 is 0 Å². The van der Waals surface area contributed by atoms with E-state index in [1.807, 2.05) is 30.3 Å². The standard InChI is InChI=1S/C19H31NO/c1-3-8-17-9-7-13-20(14-12-17)15-16(2)19(21)18-10-5-4-6-11-18/h4-6,10-11,16-17,19,21H,3,7-9,12-15H2,1-2H3. The van der Waals surface area contributed by atoms with Crippen molar-refractivity contribution in [2.24, 2.45) is 11.8 Å². The number of likely N-dealkylation sites (tertiary alicyclic amines) is 1. The molecule has 3 unspecified atom stereocenters. The molecule has 3 atom stereocenters. The normalized spacial score (nSPS) is 23.5. The van der Waals surface area contributed by atoms with Crippen molar-refractivity contribution in [1.82, 2.24) is 4.90 Å². The number of hydrogen-bond donors (Lipinski definition) is 1. The predicted molar refractivity (Wildman–Crippen MR) is 89.3 cm³/mol. The average Bonchev–Trinajstić information content (AvgIpc) is 2.73. The Balaban J connectivity index is 1.83. The molecule has 0 saturated carbocycles. The van der Waals surface area contributed by atoms with Crippen LogP contribution in [0.1, 0.15) is 57.6 Å². The van der Waals surface area contributed by atoms with E-state index < -0.39 is 0 Å². The molecule has 0 bridgehead atoms. The Morgan fingerprint density at radius 2 is 1.95 bits per heavy atom. The molecule has 1 N–H and O–H groups in total. The highest BCUT2D eigenvalue weighted by Crippen LogP contribution is 2.25. The topological polar surface area (TPSA) is 23.5 Å². The first-order valence-corrected chi connectivity index (χ1v) is 8.66. The SMILES string of the molecule is CCCC1CCCN(CC(C)C(O)c2ccccc2)CC1. The first kappa shape index (κ1) is 16.5. The van der Waals surface area contributed by atoms with Gasteiger partial charge in [0.25, 0.3) is 0 Å². The van der Waals surface area contributed by atoms with Gasteiger partial charge in [0.05, 0.1) is 6.10 Å². The third-order valence-corrected chi connectivity index (χ3v) is 4.86.